The molecule has 1 unspecified atom stereocenters. The average molecular weight is 544 g/mol. The van der Waals surface area contributed by atoms with Crippen LogP contribution in [0.1, 0.15) is 78.6 Å². The van der Waals surface area contributed by atoms with Gasteiger partial charge in [0.15, 0.2) is 17.1 Å². The second kappa shape index (κ2) is 8.48. The quantitative estimate of drug-likeness (QED) is 0.548. The highest BCUT2D eigenvalue weighted by Gasteiger charge is 2.77. The summed E-state index contributed by atoms with van der Waals surface area (Å²) in [5.41, 5.74) is -5.07. The van der Waals surface area contributed by atoms with E-state index in [1.165, 1.54) is 12.2 Å². The van der Waals surface area contributed by atoms with Crippen LogP contribution in [0.5, 0.6) is 0 Å². The Bertz CT molecular complexity index is 1180. The maximum absolute atomic E-state index is 17.5. The average Bonchev–Trinajstić information content (AvgIpc) is 3.30. The first kappa shape index (κ1) is 27.1. The van der Waals surface area contributed by atoms with E-state index >= 15 is 4.39 Å². The van der Waals surface area contributed by atoms with Crippen LogP contribution in [0.15, 0.2) is 23.8 Å². The molecule has 8 heteroatoms. The van der Waals surface area contributed by atoms with Crippen molar-refractivity contribution in [2.75, 3.05) is 13.7 Å². The Morgan fingerprint density at radius 1 is 1.18 bits per heavy atom. The van der Waals surface area contributed by atoms with Gasteiger partial charge in [-0.3, -0.25) is 9.59 Å². The van der Waals surface area contributed by atoms with Gasteiger partial charge in [-0.05, 0) is 75.4 Å². The molecule has 0 bridgehead atoms. The SMILES string of the molecule is C[C@H]1C[C@H]2[C@@H]3CCC4=CC(=O)C=C[C@]4(C)[C@@]3(F)[C@@H](O)C[C@]2(C)[C@@]1(OC(=O)N(C)C1CC12CCCC2)C(=O)CO. The van der Waals surface area contributed by atoms with E-state index in [-0.39, 0.29) is 29.6 Å². The molecule has 214 valence electrons. The number of rotatable bonds is 4. The molecule has 5 saturated carbocycles. The number of halogens is 1. The minimum Gasteiger partial charge on any atom is -0.434 e. The van der Waals surface area contributed by atoms with Crippen LogP contribution in [0.2, 0.25) is 0 Å². The zero-order valence-corrected chi connectivity index (χ0v) is 23.5. The molecule has 0 aliphatic heterocycles. The maximum Gasteiger partial charge on any atom is 0.410 e. The number of hydrogen-bond acceptors (Lipinski definition) is 6. The van der Waals surface area contributed by atoms with Crippen LogP contribution in [-0.4, -0.2) is 69.8 Å². The van der Waals surface area contributed by atoms with Gasteiger partial charge in [0.05, 0.1) is 6.10 Å². The lowest BCUT2D eigenvalue weighted by Crippen LogP contribution is -2.70. The number of alkyl halides is 1. The molecule has 0 aromatic heterocycles. The fraction of sp³-hybridized carbons (Fsp3) is 0.774. The number of Topliss-reactive ketones (excluding diaryl/α,β-unsaturated/α-hetero) is 1. The van der Waals surface area contributed by atoms with Crippen molar-refractivity contribution in [1.82, 2.24) is 4.90 Å². The summed E-state index contributed by atoms with van der Waals surface area (Å²) in [5, 5.41) is 21.8. The highest BCUT2D eigenvalue weighted by molar-refractivity contribution is 6.01. The number of ketones is 2. The Balaban J connectivity index is 1.36. The number of carbonyl (C=O) groups is 3. The summed E-state index contributed by atoms with van der Waals surface area (Å²) in [7, 11) is 1.73. The van der Waals surface area contributed by atoms with Crippen LogP contribution >= 0.6 is 0 Å². The first-order valence-corrected chi connectivity index (χ1v) is 14.7. The molecule has 1 spiro atoms. The maximum atomic E-state index is 17.5. The van der Waals surface area contributed by atoms with Gasteiger partial charge in [-0.2, -0.15) is 0 Å². The third-order valence-electron chi connectivity index (χ3n) is 12.5. The Morgan fingerprint density at radius 2 is 1.87 bits per heavy atom. The van der Waals surface area contributed by atoms with Gasteiger partial charge in [0.1, 0.15) is 6.61 Å². The van der Waals surface area contributed by atoms with Gasteiger partial charge in [-0.25, -0.2) is 9.18 Å². The van der Waals surface area contributed by atoms with Crippen molar-refractivity contribution in [3.63, 3.8) is 0 Å². The molecule has 6 aliphatic carbocycles. The molecule has 7 nitrogen and oxygen atoms in total. The van der Waals surface area contributed by atoms with E-state index in [2.05, 4.69) is 0 Å². The van der Waals surface area contributed by atoms with E-state index in [1.807, 2.05) is 13.8 Å². The highest BCUT2D eigenvalue weighted by Crippen LogP contribution is 2.71. The smallest absolute Gasteiger partial charge is 0.410 e. The van der Waals surface area contributed by atoms with Crippen molar-refractivity contribution in [2.24, 2.45) is 34.0 Å². The number of fused-ring (bicyclic) bond motifs is 5. The van der Waals surface area contributed by atoms with Crippen LogP contribution in [-0.2, 0) is 14.3 Å². The third kappa shape index (κ3) is 3.25. The lowest BCUT2D eigenvalue weighted by molar-refractivity contribution is -0.220. The Labute approximate surface area is 229 Å². The number of ether oxygens (including phenoxy) is 1. The topological polar surface area (TPSA) is 104 Å². The van der Waals surface area contributed by atoms with Crippen LogP contribution in [0.4, 0.5) is 9.18 Å². The van der Waals surface area contributed by atoms with Gasteiger partial charge in [0.25, 0.3) is 0 Å². The fourth-order valence-corrected chi connectivity index (χ4v) is 10.3. The number of hydrogen-bond donors (Lipinski definition) is 2. The molecule has 0 aromatic rings. The predicted octanol–water partition coefficient (Wildman–Crippen LogP) is 4.30. The van der Waals surface area contributed by atoms with Crippen LogP contribution in [0, 0.1) is 34.0 Å². The molecule has 2 N–H and O–H groups in total. The van der Waals surface area contributed by atoms with E-state index in [1.54, 1.807) is 24.9 Å². The Kier molecular flexibility index (Phi) is 5.90. The van der Waals surface area contributed by atoms with Gasteiger partial charge in [0, 0.05) is 35.8 Å². The normalized spacial score (nSPS) is 47.2. The summed E-state index contributed by atoms with van der Waals surface area (Å²) < 4.78 is 23.8. The minimum atomic E-state index is -2.04. The minimum absolute atomic E-state index is 0.0776. The van der Waals surface area contributed by atoms with Crippen LogP contribution in [0.3, 0.4) is 0 Å². The first-order chi connectivity index (χ1) is 18.3. The highest BCUT2D eigenvalue weighted by atomic mass is 19.1. The fourth-order valence-electron chi connectivity index (χ4n) is 10.3. The summed E-state index contributed by atoms with van der Waals surface area (Å²) in [5.74, 6) is -2.19. The Hall–Kier alpha value is -2.06. The van der Waals surface area contributed by atoms with Crippen molar-refractivity contribution in [1.29, 1.82) is 0 Å². The van der Waals surface area contributed by atoms with E-state index < -0.39 is 58.5 Å². The van der Waals surface area contributed by atoms with Crippen molar-refractivity contribution in [3.05, 3.63) is 23.8 Å². The van der Waals surface area contributed by atoms with Gasteiger partial charge in [-0.15, -0.1) is 0 Å². The molecule has 6 aliphatic rings. The number of aliphatic hydroxyl groups excluding tert-OH is 2. The monoisotopic (exact) mass is 543 g/mol. The summed E-state index contributed by atoms with van der Waals surface area (Å²) in [6.45, 7) is 4.65. The third-order valence-corrected chi connectivity index (χ3v) is 12.5. The van der Waals surface area contributed by atoms with Crippen molar-refractivity contribution >= 4 is 17.7 Å². The summed E-state index contributed by atoms with van der Waals surface area (Å²) in [4.78, 5) is 41.1. The van der Waals surface area contributed by atoms with E-state index in [0.717, 1.165) is 32.1 Å². The summed E-state index contributed by atoms with van der Waals surface area (Å²) >= 11 is 0. The van der Waals surface area contributed by atoms with Crippen molar-refractivity contribution in [3.8, 4) is 0 Å². The molecule has 0 saturated heterocycles. The molecule has 5 fully saturated rings. The van der Waals surface area contributed by atoms with E-state index in [0.29, 0.717) is 24.8 Å². The molecule has 9 atom stereocenters. The van der Waals surface area contributed by atoms with E-state index in [4.69, 9.17) is 4.74 Å². The van der Waals surface area contributed by atoms with Crippen LogP contribution in [0.25, 0.3) is 0 Å². The molecular formula is C31H42FNO6. The molecule has 0 radical (unpaired) electrons. The van der Waals surface area contributed by atoms with Gasteiger partial charge in [0.2, 0.25) is 5.78 Å². The van der Waals surface area contributed by atoms with Gasteiger partial charge >= 0.3 is 6.09 Å². The lowest BCUT2D eigenvalue weighted by Gasteiger charge is -2.62. The predicted molar refractivity (Wildman–Crippen MR) is 141 cm³/mol. The molecule has 6 rings (SSSR count). The standard InChI is InChI=1S/C31H42FNO6/c1-18-13-22-21-8-7-19-14-20(35)9-12-27(19,2)30(21,32)24(36)16-28(22,3)31(18,25(37)17-34)39-26(38)33(4)23-15-29(23)10-5-6-11-29/h9,12,14,18,21-24,34,36H,5-8,10-11,13,15-17H2,1-4H3/t18-,21-,22-,23?,24-,27-,28-,30-,31-/m0/s1. The zero-order valence-electron chi connectivity index (χ0n) is 23.5. The number of carbonyl (C=O) groups excluding carboxylic acids is 3. The van der Waals surface area contributed by atoms with Crippen LogP contribution < -0.4 is 0 Å². The second-order valence-corrected chi connectivity index (χ2v) is 14.0. The summed E-state index contributed by atoms with van der Waals surface area (Å²) in [6.07, 6.45) is 9.19. The first-order valence-electron chi connectivity index (χ1n) is 14.7. The van der Waals surface area contributed by atoms with E-state index in [9.17, 15) is 24.6 Å². The Morgan fingerprint density at radius 3 is 2.54 bits per heavy atom. The molecule has 0 aromatic carbocycles. The van der Waals surface area contributed by atoms with Gasteiger partial charge < -0.3 is 19.8 Å². The number of allylic oxidation sites excluding steroid dienone is 4. The molecular weight excluding hydrogens is 501 g/mol. The number of amides is 1. The largest absolute Gasteiger partial charge is 0.434 e. The number of nitrogens with zero attached hydrogens (tertiary/aromatic N) is 1. The molecule has 39 heavy (non-hydrogen) atoms. The second-order valence-electron chi connectivity index (χ2n) is 14.0. The molecule has 0 heterocycles. The molecule has 1 amide bonds. The lowest BCUT2D eigenvalue weighted by atomic mass is 9.44. The summed E-state index contributed by atoms with van der Waals surface area (Å²) in [6, 6.07) is 0.0776. The van der Waals surface area contributed by atoms with Crippen molar-refractivity contribution < 1.29 is 33.7 Å². The zero-order chi connectivity index (χ0) is 28.2. The van der Waals surface area contributed by atoms with Crippen molar-refractivity contribution in [2.45, 2.75) is 102 Å². The number of aliphatic hydroxyl groups is 2. The van der Waals surface area contributed by atoms with Gasteiger partial charge in [-0.1, -0.05) is 38.3 Å².